The fourth-order valence-corrected chi connectivity index (χ4v) is 25.0. The third-order valence-electron chi connectivity index (χ3n) is 30.4. The van der Waals surface area contributed by atoms with Gasteiger partial charge in [-0.2, -0.15) is 0 Å². The Kier molecular flexibility index (Phi) is 14.3. The minimum absolute atomic E-state index is 0.796. The molecule has 136 heavy (non-hydrogen) atoms. The van der Waals surface area contributed by atoms with Crippen molar-refractivity contribution < 1.29 is 17.7 Å². The fourth-order valence-electron chi connectivity index (χ4n) is 25.0. The van der Waals surface area contributed by atoms with E-state index in [1.54, 1.807) is 0 Å². The summed E-state index contributed by atoms with van der Waals surface area (Å²) < 4.78 is 28.4. The van der Waals surface area contributed by atoms with Crippen molar-refractivity contribution in [3.63, 3.8) is 0 Å². The van der Waals surface area contributed by atoms with Crippen molar-refractivity contribution in [1.82, 2.24) is 9.97 Å². The Labute approximate surface area is 773 Å². The van der Waals surface area contributed by atoms with Crippen molar-refractivity contribution in [2.24, 2.45) is 0 Å². The number of pyridine rings is 2. The Morgan fingerprint density at radius 3 is 1.13 bits per heavy atom. The van der Waals surface area contributed by atoms with E-state index in [2.05, 4.69) is 406 Å². The summed E-state index contributed by atoms with van der Waals surface area (Å²) in [6.45, 7) is 0. The van der Waals surface area contributed by atoms with E-state index in [-0.39, 0.29) is 0 Å². The summed E-state index contributed by atoms with van der Waals surface area (Å²) in [4.78, 5) is 11.9. The van der Waals surface area contributed by atoms with Crippen molar-refractivity contribution in [1.29, 1.82) is 0 Å². The molecule has 0 amide bonds. The van der Waals surface area contributed by atoms with Gasteiger partial charge in [-0.15, -0.1) is 0 Å². The molecule has 0 saturated carbocycles. The highest BCUT2D eigenvalue weighted by Gasteiger charge is 2.34. The van der Waals surface area contributed by atoms with E-state index < -0.39 is 0 Å². The highest BCUT2D eigenvalue weighted by molar-refractivity contribution is 6.49. The van der Waals surface area contributed by atoms with E-state index in [4.69, 9.17) is 27.6 Å². The van der Waals surface area contributed by atoms with Crippen LogP contribution in [0.2, 0.25) is 0 Å². The number of nitrogens with zero attached hydrogens (tertiary/aromatic N) is 2. The average molecular weight is 1720 g/mol. The number of benzene rings is 22. The maximum Gasteiger partial charge on any atom is 0.143 e. The van der Waals surface area contributed by atoms with Gasteiger partial charge in [0.05, 0.1) is 22.8 Å². The fraction of sp³-hybridized carbons (Fsp3) is 0. The van der Waals surface area contributed by atoms with Crippen molar-refractivity contribution in [3.8, 4) is 101 Å². The lowest BCUT2D eigenvalue weighted by Gasteiger charge is -2.19. The monoisotopic (exact) mass is 1720 g/mol. The van der Waals surface area contributed by atoms with Gasteiger partial charge in [-0.05, 0) is 241 Å². The van der Waals surface area contributed by atoms with Gasteiger partial charge in [0.25, 0.3) is 0 Å². The smallest absolute Gasteiger partial charge is 0.143 e. The van der Waals surface area contributed by atoms with Gasteiger partial charge in [0, 0.05) is 109 Å². The normalized spacial score (nSPS) is 12.6. The van der Waals surface area contributed by atoms with Gasteiger partial charge in [-0.3, -0.25) is 0 Å². The molecule has 0 aliphatic heterocycles. The number of hydrogen-bond donors (Lipinski definition) is 0. The predicted octanol–water partition coefficient (Wildman–Crippen LogP) is 37.0. The first kappa shape index (κ1) is 72.7. The summed E-state index contributed by atoms with van der Waals surface area (Å²) in [6.07, 6.45) is 0. The second-order valence-corrected chi connectivity index (χ2v) is 37.1. The maximum absolute atomic E-state index is 7.75. The number of para-hydroxylation sites is 6. The van der Waals surface area contributed by atoms with Gasteiger partial charge >= 0.3 is 0 Å². The minimum Gasteiger partial charge on any atom is -0.456 e. The Morgan fingerprint density at radius 1 is 0.125 bits per heavy atom. The molecular weight excluding hydrogens is 1650 g/mol. The molecule has 0 aliphatic carbocycles. The van der Waals surface area contributed by atoms with Gasteiger partial charge in [-0.1, -0.05) is 334 Å². The molecule has 0 aliphatic rings. The second-order valence-electron chi connectivity index (χ2n) is 37.1. The largest absolute Gasteiger partial charge is 0.456 e. The number of furan rings is 4. The molecule has 622 valence electrons. The van der Waals surface area contributed by atoms with Crippen LogP contribution in [0, 0.1) is 0 Å². The first-order chi connectivity index (χ1) is 67.5. The molecule has 0 bridgehead atoms. The Hall–Kier alpha value is -18.1. The van der Waals surface area contributed by atoms with Crippen LogP contribution in [0.15, 0.2) is 430 Å². The molecular formula is C130H68N2O4. The summed E-state index contributed by atoms with van der Waals surface area (Å²) >= 11 is 0. The molecule has 0 unspecified atom stereocenters. The number of fused-ring (bicyclic) bond motifs is 28. The molecule has 6 aromatic heterocycles. The summed E-state index contributed by atoms with van der Waals surface area (Å²) in [7, 11) is 0. The molecule has 0 radical (unpaired) electrons. The van der Waals surface area contributed by atoms with Gasteiger partial charge in [0.2, 0.25) is 0 Å². The summed E-state index contributed by atoms with van der Waals surface area (Å²) in [6, 6.07) is 152. The molecule has 32 aromatic rings. The Morgan fingerprint density at radius 2 is 0.485 bits per heavy atom. The van der Waals surface area contributed by atoms with Crippen molar-refractivity contribution in [3.05, 3.63) is 413 Å². The van der Waals surface area contributed by atoms with E-state index >= 15 is 0 Å². The number of aromatic nitrogens is 2. The molecule has 6 nitrogen and oxygen atoms in total. The molecule has 6 heterocycles. The zero-order chi connectivity index (χ0) is 88.1. The van der Waals surface area contributed by atoms with Crippen LogP contribution in [-0.2, 0) is 0 Å². The second kappa shape index (κ2) is 26.8. The minimum atomic E-state index is 0.796. The summed E-state index contributed by atoms with van der Waals surface area (Å²) in [5.41, 5.74) is 25.4. The van der Waals surface area contributed by atoms with E-state index in [1.807, 2.05) is 6.07 Å². The van der Waals surface area contributed by atoms with Crippen LogP contribution in [0.3, 0.4) is 0 Å². The predicted molar refractivity (Wildman–Crippen MR) is 570 cm³/mol. The molecule has 6 heteroatoms. The summed E-state index contributed by atoms with van der Waals surface area (Å²) in [5, 5.41) is 41.7. The first-order valence-corrected chi connectivity index (χ1v) is 46.8. The van der Waals surface area contributed by atoms with E-state index in [1.165, 1.54) is 80.8 Å². The van der Waals surface area contributed by atoms with Crippen LogP contribution < -0.4 is 0 Å². The standard InChI is InChI=1S/C130H68N2O4/c1-2-25-69(26-3-1)104-51-23-53-106(131-104)121-103-68-101-78-32-7-5-30-76(78)85-39-17-45-91(116(85)101)119(103)127(125-95-62-60-73(83-37-15-47-93(113(83)95)123(121)125)71-59-64-111-99(66-71)82-35-10-11-55-108(82)133-111)107-54-24-52-105(132-107)72-28-14-27-70(65-72)74-36-22-58-112-117(74)96-48-21-49-97(130(96)136-112)120-102-67-100-77-31-6-4-29-75(77)84-38-16-44-90(115(84)100)118(102)126(98-50-20-43-89-81-34-9-13-57-110(81)135-129(89)98)124-94-63-61-79(86-40-18-46-92(114(86)94)122(120)124)87-41-19-42-88-80-33-8-12-56-109(80)134-128(87)88/h1-68H. The molecule has 0 atom stereocenters. The molecule has 32 rings (SSSR count). The van der Waals surface area contributed by atoms with E-state index in [9.17, 15) is 0 Å². The highest BCUT2D eigenvalue weighted by Crippen LogP contribution is 2.61. The van der Waals surface area contributed by atoms with Gasteiger partial charge in [0.1, 0.15) is 44.7 Å². The molecule has 0 N–H and O–H groups in total. The van der Waals surface area contributed by atoms with E-state index in [0.29, 0.717) is 0 Å². The van der Waals surface area contributed by atoms with Crippen LogP contribution in [0.25, 0.3) is 339 Å². The van der Waals surface area contributed by atoms with Crippen LogP contribution in [0.1, 0.15) is 0 Å². The van der Waals surface area contributed by atoms with Crippen LogP contribution in [0.4, 0.5) is 0 Å². The molecule has 26 aromatic carbocycles. The Balaban J connectivity index is 0.633. The lowest BCUT2D eigenvalue weighted by molar-refractivity contribution is 0.669. The number of rotatable bonds is 9. The van der Waals surface area contributed by atoms with Crippen molar-refractivity contribution in [2.45, 2.75) is 0 Å². The average Bonchev–Trinajstić information content (AvgIpc) is 1.50. The summed E-state index contributed by atoms with van der Waals surface area (Å²) in [5.74, 6) is 0. The lowest BCUT2D eigenvalue weighted by Crippen LogP contribution is -1.95. The maximum atomic E-state index is 7.75. The Bertz CT molecular complexity index is 10900. The van der Waals surface area contributed by atoms with Crippen LogP contribution in [0.5, 0.6) is 0 Å². The zero-order valence-corrected chi connectivity index (χ0v) is 72.8. The SMILES string of the molecule is c1ccc(-c2cccc(-c3c4cc5c6ccccc6c6cccc(c4c(-c4cccc(-c7cccc(-c8cccc9oc%10c(-c%11c%12cc%13c%14ccccc%14c%14cccc(c%12c(-c%12cccc%15c%12oc%12ccccc%12%15)c%12c%15ccc(-c%16cccc%17c%16oc%16ccccc%16%17)c%16cccc(c%11%12)c%16%15)c%14%13)cccc%10c89)c7)n4)c4c7ccc(-c8ccc9oc%10ccccc%10c9c8)c8cccc(c34)c87)c65)n2)cc1. The highest BCUT2D eigenvalue weighted by atomic mass is 16.3. The third kappa shape index (κ3) is 9.66. The van der Waals surface area contributed by atoms with Crippen molar-refractivity contribution >= 4 is 239 Å². The first-order valence-electron chi connectivity index (χ1n) is 46.8. The van der Waals surface area contributed by atoms with Crippen LogP contribution >= 0.6 is 0 Å². The van der Waals surface area contributed by atoms with Gasteiger partial charge in [-0.25, -0.2) is 9.97 Å². The van der Waals surface area contributed by atoms with Crippen LogP contribution in [-0.4, -0.2) is 9.97 Å². The zero-order valence-electron chi connectivity index (χ0n) is 72.8. The number of hydrogen-bond acceptors (Lipinski definition) is 6. The van der Waals surface area contributed by atoms with Crippen molar-refractivity contribution in [2.75, 3.05) is 0 Å². The quantitative estimate of drug-likeness (QED) is 0.134. The van der Waals surface area contributed by atoms with Gasteiger partial charge in [0.15, 0.2) is 0 Å². The lowest BCUT2D eigenvalue weighted by atomic mass is 9.83. The topological polar surface area (TPSA) is 78.3 Å². The molecule has 0 fully saturated rings. The van der Waals surface area contributed by atoms with E-state index in [0.717, 1.165) is 258 Å². The molecule has 0 spiro atoms. The third-order valence-corrected chi connectivity index (χ3v) is 30.4. The molecule has 0 saturated heterocycles. The van der Waals surface area contributed by atoms with Gasteiger partial charge < -0.3 is 17.7 Å².